The number of hydrogen-bond acceptors (Lipinski definition) is 3. The fourth-order valence-corrected chi connectivity index (χ4v) is 2.73. The van der Waals surface area contributed by atoms with Gasteiger partial charge >= 0.3 is 0 Å². The maximum atomic E-state index is 11.6. The number of phenolic OH excluding ortho intramolecular Hbond substituents is 1. The molecule has 0 radical (unpaired) electrons. The van der Waals surface area contributed by atoms with Crippen LogP contribution in [0.1, 0.15) is 16.7 Å². The number of methoxy groups -OCH3 is 1. The van der Waals surface area contributed by atoms with Crippen LogP contribution in [0.25, 0.3) is 0 Å². The van der Waals surface area contributed by atoms with Crippen molar-refractivity contribution in [1.82, 2.24) is 0 Å². The summed E-state index contributed by atoms with van der Waals surface area (Å²) in [7, 11) is 1.60. The van der Waals surface area contributed by atoms with Crippen LogP contribution >= 0.6 is 0 Å². The van der Waals surface area contributed by atoms with Gasteiger partial charge in [-0.15, -0.1) is 0 Å². The van der Waals surface area contributed by atoms with Crippen LogP contribution in [-0.2, 0) is 5.60 Å². The Kier molecular flexibility index (Phi) is 4.04. The summed E-state index contributed by atoms with van der Waals surface area (Å²) in [5, 5.41) is 21.1. The third-order valence-corrected chi connectivity index (χ3v) is 3.96. The second kappa shape index (κ2) is 6.15. The Morgan fingerprint density at radius 2 is 1.35 bits per heavy atom. The molecule has 0 aliphatic rings. The van der Waals surface area contributed by atoms with E-state index >= 15 is 0 Å². The topological polar surface area (TPSA) is 49.7 Å². The van der Waals surface area contributed by atoms with Crippen molar-refractivity contribution < 1.29 is 14.9 Å². The second-order valence-corrected chi connectivity index (χ2v) is 5.36. The largest absolute Gasteiger partial charge is 0.508 e. The molecule has 2 N–H and O–H groups in total. The minimum atomic E-state index is -1.33. The molecule has 1 atom stereocenters. The minimum Gasteiger partial charge on any atom is -0.508 e. The molecule has 23 heavy (non-hydrogen) atoms. The van der Waals surface area contributed by atoms with E-state index in [2.05, 4.69) is 0 Å². The molecule has 0 heterocycles. The summed E-state index contributed by atoms with van der Waals surface area (Å²) in [6, 6.07) is 23.4. The van der Waals surface area contributed by atoms with Crippen LogP contribution in [0.3, 0.4) is 0 Å². The van der Waals surface area contributed by atoms with Crippen molar-refractivity contribution in [2.75, 3.05) is 7.11 Å². The van der Waals surface area contributed by atoms with Gasteiger partial charge in [-0.05, 0) is 41.0 Å². The Hall–Kier alpha value is -2.78. The monoisotopic (exact) mass is 306 g/mol. The first-order valence-corrected chi connectivity index (χ1v) is 7.36. The summed E-state index contributed by atoms with van der Waals surface area (Å²) in [5.41, 5.74) is 0.797. The molecule has 0 spiro atoms. The lowest BCUT2D eigenvalue weighted by Gasteiger charge is -2.30. The van der Waals surface area contributed by atoms with Gasteiger partial charge in [-0.2, -0.15) is 0 Å². The van der Waals surface area contributed by atoms with Crippen LogP contribution in [-0.4, -0.2) is 17.3 Å². The van der Waals surface area contributed by atoms with Gasteiger partial charge in [-0.3, -0.25) is 0 Å². The zero-order chi connectivity index (χ0) is 16.3. The van der Waals surface area contributed by atoms with Gasteiger partial charge in [0.2, 0.25) is 0 Å². The lowest BCUT2D eigenvalue weighted by atomic mass is 9.80. The Morgan fingerprint density at radius 1 is 0.739 bits per heavy atom. The molecule has 116 valence electrons. The maximum absolute atomic E-state index is 11.6. The molecule has 0 amide bonds. The molecule has 0 saturated carbocycles. The van der Waals surface area contributed by atoms with Gasteiger partial charge in [0.05, 0.1) is 7.11 Å². The van der Waals surface area contributed by atoms with Crippen molar-refractivity contribution in [3.63, 3.8) is 0 Å². The Bertz CT molecular complexity index is 781. The molecular weight excluding hydrogens is 288 g/mol. The zero-order valence-corrected chi connectivity index (χ0v) is 12.8. The van der Waals surface area contributed by atoms with E-state index in [9.17, 15) is 10.2 Å². The van der Waals surface area contributed by atoms with E-state index in [0.717, 1.165) is 5.56 Å². The number of aliphatic hydroxyl groups is 1. The summed E-state index contributed by atoms with van der Waals surface area (Å²) in [4.78, 5) is 0. The Balaban J connectivity index is 2.23. The van der Waals surface area contributed by atoms with Crippen molar-refractivity contribution in [2.45, 2.75) is 5.60 Å². The number of rotatable bonds is 4. The molecule has 3 heteroatoms. The van der Waals surface area contributed by atoms with Crippen molar-refractivity contribution in [3.8, 4) is 11.5 Å². The Labute approximate surface area is 135 Å². The summed E-state index contributed by atoms with van der Waals surface area (Å²) >= 11 is 0. The summed E-state index contributed by atoms with van der Waals surface area (Å²) in [6.45, 7) is 0. The molecule has 0 aromatic heterocycles. The summed E-state index contributed by atoms with van der Waals surface area (Å²) < 4.78 is 5.29. The van der Waals surface area contributed by atoms with E-state index in [1.807, 2.05) is 54.6 Å². The van der Waals surface area contributed by atoms with Crippen LogP contribution in [0.5, 0.6) is 11.5 Å². The lowest BCUT2D eigenvalue weighted by Crippen LogP contribution is -2.28. The smallest absolute Gasteiger partial charge is 0.140 e. The third kappa shape index (κ3) is 2.79. The zero-order valence-electron chi connectivity index (χ0n) is 12.8. The SMILES string of the molecule is COc1cccc(C(O)(c2ccccc2)c2ccc(O)cc2)c1. The number of ether oxygens (including phenoxy) is 1. The van der Waals surface area contributed by atoms with Gasteiger partial charge in [0.1, 0.15) is 17.1 Å². The quantitative estimate of drug-likeness (QED) is 0.723. The van der Waals surface area contributed by atoms with Crippen molar-refractivity contribution in [3.05, 3.63) is 95.6 Å². The molecule has 3 aromatic carbocycles. The molecular formula is C20H18O3. The van der Waals surface area contributed by atoms with Crippen LogP contribution < -0.4 is 4.74 Å². The minimum absolute atomic E-state index is 0.162. The number of benzene rings is 3. The van der Waals surface area contributed by atoms with Gasteiger partial charge in [0, 0.05) is 0 Å². The summed E-state index contributed by atoms with van der Waals surface area (Å²) in [5.74, 6) is 0.838. The van der Waals surface area contributed by atoms with E-state index in [1.54, 1.807) is 31.4 Å². The average molecular weight is 306 g/mol. The predicted octanol–water partition coefficient (Wildman–Crippen LogP) is 3.69. The molecule has 3 nitrogen and oxygen atoms in total. The van der Waals surface area contributed by atoms with Gasteiger partial charge in [-0.25, -0.2) is 0 Å². The molecule has 1 unspecified atom stereocenters. The van der Waals surface area contributed by atoms with E-state index < -0.39 is 5.60 Å². The predicted molar refractivity (Wildman–Crippen MR) is 89.6 cm³/mol. The fourth-order valence-electron chi connectivity index (χ4n) is 2.73. The maximum Gasteiger partial charge on any atom is 0.140 e. The van der Waals surface area contributed by atoms with Crippen LogP contribution in [0, 0.1) is 0 Å². The fraction of sp³-hybridized carbons (Fsp3) is 0.100. The van der Waals surface area contributed by atoms with E-state index in [4.69, 9.17) is 4.74 Å². The van der Waals surface area contributed by atoms with Crippen molar-refractivity contribution in [2.24, 2.45) is 0 Å². The average Bonchev–Trinajstić information content (AvgIpc) is 2.62. The first kappa shape index (κ1) is 15.1. The molecule has 0 fully saturated rings. The number of phenols is 1. The van der Waals surface area contributed by atoms with Gasteiger partial charge in [-0.1, -0.05) is 54.6 Å². The normalized spacial score (nSPS) is 13.3. The standard InChI is InChI=1S/C20H18O3/c1-23-19-9-5-8-17(14-19)20(22,15-6-3-2-4-7-15)16-10-12-18(21)13-11-16/h2-14,21-22H,1H3. The molecule has 0 aliphatic carbocycles. The van der Waals surface area contributed by atoms with Gasteiger partial charge < -0.3 is 14.9 Å². The number of hydrogen-bond donors (Lipinski definition) is 2. The highest BCUT2D eigenvalue weighted by Crippen LogP contribution is 2.38. The van der Waals surface area contributed by atoms with Gasteiger partial charge in [0.15, 0.2) is 0 Å². The summed E-state index contributed by atoms with van der Waals surface area (Å²) in [6.07, 6.45) is 0. The first-order valence-electron chi connectivity index (χ1n) is 7.36. The Morgan fingerprint density at radius 3 is 2.00 bits per heavy atom. The van der Waals surface area contributed by atoms with Crippen LogP contribution in [0.15, 0.2) is 78.9 Å². The highest BCUT2D eigenvalue weighted by Gasteiger charge is 2.34. The van der Waals surface area contributed by atoms with Gasteiger partial charge in [0.25, 0.3) is 0 Å². The molecule has 0 saturated heterocycles. The molecule has 3 aromatic rings. The lowest BCUT2D eigenvalue weighted by molar-refractivity contribution is 0.125. The van der Waals surface area contributed by atoms with Crippen molar-refractivity contribution in [1.29, 1.82) is 0 Å². The van der Waals surface area contributed by atoms with E-state index in [-0.39, 0.29) is 5.75 Å². The van der Waals surface area contributed by atoms with Crippen molar-refractivity contribution >= 4 is 0 Å². The highest BCUT2D eigenvalue weighted by atomic mass is 16.5. The van der Waals surface area contributed by atoms with E-state index in [1.165, 1.54) is 0 Å². The van der Waals surface area contributed by atoms with Crippen LogP contribution in [0.4, 0.5) is 0 Å². The number of aromatic hydroxyl groups is 1. The first-order chi connectivity index (χ1) is 11.1. The van der Waals surface area contributed by atoms with E-state index in [0.29, 0.717) is 16.9 Å². The molecule has 0 aliphatic heterocycles. The molecule has 3 rings (SSSR count). The highest BCUT2D eigenvalue weighted by molar-refractivity contribution is 5.49. The third-order valence-electron chi connectivity index (χ3n) is 3.96. The second-order valence-electron chi connectivity index (χ2n) is 5.36. The van der Waals surface area contributed by atoms with Crippen LogP contribution in [0.2, 0.25) is 0 Å². The molecule has 0 bridgehead atoms.